The molecule has 0 heterocycles. The number of hydrogen-bond donors (Lipinski definition) is 3. The Kier molecular flexibility index (Phi) is 7.02. The van der Waals surface area contributed by atoms with E-state index in [1.807, 2.05) is 0 Å². The molecule has 3 N–H and O–H groups in total. The number of likely N-dealkylation sites (N-methyl/N-ethyl adjacent to an activating group) is 1. The van der Waals surface area contributed by atoms with Gasteiger partial charge >= 0.3 is 0 Å². The van der Waals surface area contributed by atoms with E-state index in [0.717, 1.165) is 6.34 Å². The van der Waals surface area contributed by atoms with Gasteiger partial charge in [-0.05, 0) is 30.5 Å². The number of anilines is 1. The van der Waals surface area contributed by atoms with Crippen molar-refractivity contribution in [2.45, 2.75) is 0 Å². The minimum Gasteiger partial charge on any atom is -0.508 e. The van der Waals surface area contributed by atoms with Crippen molar-refractivity contribution in [2.24, 2.45) is 10.1 Å². The summed E-state index contributed by atoms with van der Waals surface area (Å²) in [6, 6.07) is 9.83. The summed E-state index contributed by atoms with van der Waals surface area (Å²) in [5, 5.41) is 38.1. The van der Waals surface area contributed by atoms with Gasteiger partial charge in [-0.15, -0.1) is 0 Å². The Hall–Kier alpha value is -4.47. The molecule has 0 aliphatic carbocycles. The minimum atomic E-state index is -0.611. The van der Waals surface area contributed by atoms with Crippen molar-refractivity contribution in [3.05, 3.63) is 76.0 Å². The highest BCUT2D eigenvalue weighted by Gasteiger charge is 2.16. The lowest BCUT2D eigenvalue weighted by atomic mass is 10.1. The van der Waals surface area contributed by atoms with Crippen LogP contribution in [0.4, 0.5) is 11.4 Å². The number of nitro groups is 1. The van der Waals surface area contributed by atoms with Crippen molar-refractivity contribution in [1.29, 1.82) is 0 Å². The molecular formula is C20H19N5O5. The molecule has 0 spiro atoms. The molecule has 0 aliphatic rings. The molecule has 0 bridgehead atoms. The van der Waals surface area contributed by atoms with Gasteiger partial charge in [0.15, 0.2) is 0 Å². The molecule has 154 valence electrons. The highest BCUT2D eigenvalue weighted by molar-refractivity contribution is 6.06. The van der Waals surface area contributed by atoms with Crippen molar-refractivity contribution in [1.82, 2.24) is 5.01 Å². The third kappa shape index (κ3) is 5.52. The first kappa shape index (κ1) is 21.8. The summed E-state index contributed by atoms with van der Waals surface area (Å²) in [7, 11) is 1.49. The molecule has 30 heavy (non-hydrogen) atoms. The van der Waals surface area contributed by atoms with Crippen LogP contribution in [-0.4, -0.2) is 46.2 Å². The molecule has 10 nitrogen and oxygen atoms in total. The summed E-state index contributed by atoms with van der Waals surface area (Å²) in [6.45, 7) is 6.61. The van der Waals surface area contributed by atoms with Gasteiger partial charge in [-0.3, -0.25) is 24.9 Å². The van der Waals surface area contributed by atoms with Crippen LogP contribution in [0.3, 0.4) is 0 Å². The van der Waals surface area contributed by atoms with E-state index in [1.54, 1.807) is 6.07 Å². The fourth-order valence-electron chi connectivity index (χ4n) is 2.42. The van der Waals surface area contributed by atoms with Gasteiger partial charge in [-0.25, -0.2) is 0 Å². The maximum Gasteiger partial charge on any atom is 0.273 e. The highest BCUT2D eigenvalue weighted by atomic mass is 16.6. The molecule has 0 atom stereocenters. The van der Waals surface area contributed by atoms with Crippen LogP contribution in [0.2, 0.25) is 0 Å². The van der Waals surface area contributed by atoms with Crippen LogP contribution in [0.1, 0.15) is 11.1 Å². The zero-order valence-corrected chi connectivity index (χ0v) is 16.0. The minimum absolute atomic E-state index is 0.0329. The van der Waals surface area contributed by atoms with Crippen LogP contribution >= 0.6 is 0 Å². The Balaban J connectivity index is 2.40. The molecular weight excluding hydrogens is 390 g/mol. The number of aliphatic hydroxyl groups excluding tert-OH is 1. The molecule has 2 rings (SSSR count). The normalized spacial score (nSPS) is 11.2. The number of carbonyl (C=O) groups is 1. The number of phenolic OH excluding ortho intramolecular Hbond substituents is 1. The maximum absolute atomic E-state index is 12.8. The van der Waals surface area contributed by atoms with E-state index in [1.165, 1.54) is 54.5 Å². The van der Waals surface area contributed by atoms with Gasteiger partial charge < -0.3 is 15.5 Å². The SMILES string of the molecule is C=N/C=N\N(C)/C(=C\c1cccc([N+](=O)[O-])c1)C(=O)Nc1ccc(C(=C)O)c(O)c1. The molecule has 0 radical (unpaired) electrons. The highest BCUT2D eigenvalue weighted by Crippen LogP contribution is 2.26. The monoisotopic (exact) mass is 409 g/mol. The zero-order valence-electron chi connectivity index (χ0n) is 16.0. The smallest absolute Gasteiger partial charge is 0.273 e. The fourth-order valence-corrected chi connectivity index (χ4v) is 2.42. The second kappa shape index (κ2) is 9.64. The third-order valence-corrected chi connectivity index (χ3v) is 3.84. The summed E-state index contributed by atoms with van der Waals surface area (Å²) < 4.78 is 0. The third-order valence-electron chi connectivity index (χ3n) is 3.84. The van der Waals surface area contributed by atoms with Gasteiger partial charge in [0.25, 0.3) is 11.6 Å². The van der Waals surface area contributed by atoms with E-state index in [-0.39, 0.29) is 34.1 Å². The Morgan fingerprint density at radius 2 is 2.03 bits per heavy atom. The molecule has 0 fully saturated rings. The van der Waals surface area contributed by atoms with Crippen molar-refractivity contribution in [3.8, 4) is 5.75 Å². The number of nitrogens with zero attached hydrogens (tertiary/aromatic N) is 4. The average molecular weight is 409 g/mol. The number of amides is 1. The van der Waals surface area contributed by atoms with Gasteiger partial charge in [0.05, 0.1) is 10.5 Å². The number of hydrogen-bond acceptors (Lipinski definition) is 7. The molecule has 2 aromatic carbocycles. The first-order valence-electron chi connectivity index (χ1n) is 8.43. The predicted octanol–water partition coefficient (Wildman–Crippen LogP) is 3.38. The van der Waals surface area contributed by atoms with Crippen LogP contribution in [0.5, 0.6) is 5.75 Å². The van der Waals surface area contributed by atoms with E-state index >= 15 is 0 Å². The Bertz CT molecular complexity index is 1060. The average Bonchev–Trinajstić information content (AvgIpc) is 2.70. The largest absolute Gasteiger partial charge is 0.508 e. The van der Waals surface area contributed by atoms with Crippen LogP contribution in [0, 0.1) is 10.1 Å². The Labute approximate surface area is 172 Å². The van der Waals surface area contributed by atoms with E-state index < -0.39 is 10.8 Å². The molecule has 0 saturated heterocycles. The van der Waals surface area contributed by atoms with E-state index in [0.29, 0.717) is 5.56 Å². The predicted molar refractivity (Wildman–Crippen MR) is 115 cm³/mol. The lowest BCUT2D eigenvalue weighted by Crippen LogP contribution is -2.24. The van der Waals surface area contributed by atoms with Gasteiger partial charge in [-0.1, -0.05) is 18.7 Å². The van der Waals surface area contributed by atoms with Gasteiger partial charge in [0.2, 0.25) is 0 Å². The number of nitrogens with one attached hydrogen (secondary N) is 1. The Morgan fingerprint density at radius 1 is 1.30 bits per heavy atom. The number of carbonyl (C=O) groups excluding carboxylic acids is 1. The van der Waals surface area contributed by atoms with Gasteiger partial charge in [-0.2, -0.15) is 5.10 Å². The van der Waals surface area contributed by atoms with E-state index in [9.17, 15) is 25.1 Å². The van der Waals surface area contributed by atoms with Crippen LogP contribution < -0.4 is 5.32 Å². The van der Waals surface area contributed by atoms with E-state index in [2.05, 4.69) is 28.7 Å². The molecule has 10 heteroatoms. The van der Waals surface area contributed by atoms with Crippen LogP contribution in [0.25, 0.3) is 11.8 Å². The summed E-state index contributed by atoms with van der Waals surface area (Å²) in [4.78, 5) is 26.8. The number of phenols is 1. The first-order chi connectivity index (χ1) is 14.2. The van der Waals surface area contributed by atoms with Crippen LogP contribution in [-0.2, 0) is 4.79 Å². The standard InChI is InChI=1S/C20H19N5O5/c1-13(26)17-8-7-15(11-19(17)27)23-20(28)18(24(3)22-12-21-2)10-14-5-4-6-16(9-14)25(29)30/h4-12,26-27H,1-2H2,3H3,(H,23,28)/b18-10-,22-12-. The van der Waals surface area contributed by atoms with Crippen molar-refractivity contribution in [2.75, 3.05) is 12.4 Å². The molecule has 0 saturated carbocycles. The molecule has 2 aromatic rings. The van der Waals surface area contributed by atoms with Gasteiger partial charge in [0, 0.05) is 30.9 Å². The van der Waals surface area contributed by atoms with Crippen LogP contribution in [0.15, 0.2) is 64.8 Å². The topological polar surface area (TPSA) is 141 Å². The lowest BCUT2D eigenvalue weighted by Gasteiger charge is -2.17. The molecule has 0 aliphatic heterocycles. The number of benzene rings is 2. The van der Waals surface area contributed by atoms with Crippen molar-refractivity contribution in [3.63, 3.8) is 0 Å². The number of aliphatic hydroxyl groups is 1. The summed E-state index contributed by atoms with van der Waals surface area (Å²) in [5.41, 5.74) is 0.668. The van der Waals surface area contributed by atoms with E-state index in [4.69, 9.17) is 0 Å². The fraction of sp³-hybridized carbons (Fsp3) is 0.0500. The van der Waals surface area contributed by atoms with Crippen molar-refractivity contribution < 1.29 is 19.9 Å². The number of non-ortho nitro benzene ring substituents is 1. The lowest BCUT2D eigenvalue weighted by molar-refractivity contribution is -0.384. The molecule has 1 amide bonds. The summed E-state index contributed by atoms with van der Waals surface area (Å²) in [6.07, 6.45) is 2.54. The molecule has 0 unspecified atom stereocenters. The number of hydrazone groups is 1. The summed E-state index contributed by atoms with van der Waals surface area (Å²) >= 11 is 0. The second-order valence-electron chi connectivity index (χ2n) is 5.95. The summed E-state index contributed by atoms with van der Waals surface area (Å²) in [5.74, 6) is -1.20. The zero-order chi connectivity index (χ0) is 22.3. The quantitative estimate of drug-likeness (QED) is 0.152. The van der Waals surface area contributed by atoms with Crippen molar-refractivity contribution >= 4 is 42.2 Å². The number of aromatic hydroxyl groups is 1. The first-order valence-corrected chi connectivity index (χ1v) is 8.43. The number of rotatable bonds is 8. The number of aliphatic imine (C=N–C) groups is 1. The number of nitro benzene ring substituents is 1. The maximum atomic E-state index is 12.8. The van der Waals surface area contributed by atoms with Gasteiger partial charge in [0.1, 0.15) is 23.5 Å². The second-order valence-corrected chi connectivity index (χ2v) is 5.95. The Morgan fingerprint density at radius 3 is 2.63 bits per heavy atom. The molecule has 0 aromatic heterocycles.